The van der Waals surface area contributed by atoms with Gasteiger partial charge in [-0.25, -0.2) is 25.4 Å². The lowest BCUT2D eigenvalue weighted by atomic mass is 10.0. The Hall–Kier alpha value is -5.36. The van der Waals surface area contributed by atoms with Crippen molar-refractivity contribution >= 4 is 17.6 Å². The molecular weight excluding hydrogens is 525 g/mol. The molecule has 0 bridgehead atoms. The second kappa shape index (κ2) is 9.38. The number of rotatable bonds is 6. The zero-order valence-corrected chi connectivity index (χ0v) is 21.6. The van der Waals surface area contributed by atoms with Crippen LogP contribution in [0.5, 0.6) is 0 Å². The summed E-state index contributed by atoms with van der Waals surface area (Å²) < 4.78 is 22.3. The van der Waals surface area contributed by atoms with E-state index in [0.29, 0.717) is 47.7 Å². The van der Waals surface area contributed by atoms with Crippen LogP contribution >= 0.6 is 0 Å². The van der Waals surface area contributed by atoms with Crippen LogP contribution in [0.2, 0.25) is 0 Å². The van der Waals surface area contributed by atoms with Gasteiger partial charge in [-0.3, -0.25) is 9.88 Å². The molecule has 0 radical (unpaired) electrons. The highest BCUT2D eigenvalue weighted by Gasteiger charge is 2.78. The lowest BCUT2D eigenvalue weighted by Crippen LogP contribution is -2.29. The number of hydrogen-bond acceptors (Lipinski definition) is 8. The smallest absolute Gasteiger partial charge is 0.414 e. The number of ether oxygens (including phenoxy) is 1. The van der Waals surface area contributed by atoms with Gasteiger partial charge in [-0.15, -0.1) is 5.10 Å². The normalized spacial score (nSPS) is 24.5. The summed E-state index contributed by atoms with van der Waals surface area (Å²) in [6, 6.07) is 13.9. The van der Waals surface area contributed by atoms with Crippen molar-refractivity contribution in [3.63, 3.8) is 0 Å². The van der Waals surface area contributed by atoms with E-state index in [1.807, 2.05) is 12.1 Å². The minimum Gasteiger partial charge on any atom is -0.442 e. The average molecular weight is 548 g/mol. The molecule has 12 heteroatoms. The second-order valence-electron chi connectivity index (χ2n) is 10.4. The van der Waals surface area contributed by atoms with Crippen LogP contribution in [-0.2, 0) is 16.8 Å². The third-order valence-corrected chi connectivity index (χ3v) is 8.21. The quantitative estimate of drug-likeness (QED) is 0.336. The molecule has 3 aliphatic rings. The lowest BCUT2D eigenvalue weighted by molar-refractivity contribution is 0.129. The number of carbonyl (C=O) groups excluding carboxylic acids is 1. The minimum atomic E-state index is -0.692. The zero-order chi connectivity index (χ0) is 28.1. The number of fused-ring (bicyclic) bond motifs is 1. The summed E-state index contributed by atoms with van der Waals surface area (Å²) in [5.74, 6) is 0.560. The number of aromatic nitrogens is 5. The molecule has 3 fully saturated rings. The van der Waals surface area contributed by atoms with Crippen LogP contribution < -0.4 is 9.80 Å². The maximum atomic E-state index is 15.3. The van der Waals surface area contributed by atoms with E-state index in [-0.39, 0.29) is 18.4 Å². The van der Waals surface area contributed by atoms with Crippen molar-refractivity contribution in [3.05, 3.63) is 95.7 Å². The first-order chi connectivity index (χ1) is 20.0. The van der Waals surface area contributed by atoms with Crippen molar-refractivity contribution in [3.8, 4) is 17.2 Å². The van der Waals surface area contributed by atoms with E-state index in [2.05, 4.69) is 36.1 Å². The molecule has 7 rings (SSSR count). The van der Waals surface area contributed by atoms with E-state index in [1.54, 1.807) is 53.7 Å². The topological polar surface area (TPSA) is 117 Å². The Labute approximate surface area is 234 Å². The maximum absolute atomic E-state index is 15.3. The Balaban J connectivity index is 1.04. The van der Waals surface area contributed by atoms with Gasteiger partial charge in [0.1, 0.15) is 29.5 Å². The van der Waals surface area contributed by atoms with Gasteiger partial charge >= 0.3 is 6.09 Å². The Kier molecular flexibility index (Phi) is 5.64. The number of piperidine rings is 1. The molecule has 2 aliphatic heterocycles. The number of amides is 1. The molecular formula is C29H22FN9O2. The highest BCUT2D eigenvalue weighted by Crippen LogP contribution is 2.64. The van der Waals surface area contributed by atoms with Gasteiger partial charge in [-0.1, -0.05) is 11.3 Å². The standard InChI is InChI=1S/C29H22FN9O2/c1-32-29(23-16-37(17-24(23)29)27-7-2-18(11-31)12-34-27)26-6-3-19(13-33-26)22-5-4-20(10-25(22)30)39-15-21(41-28(39)40)14-38-9-8-35-36-38/h2-10,12-13,21,23-24H,14-17H2/t21-,23-,24+,29?/m0/s1. The van der Waals surface area contributed by atoms with Gasteiger partial charge in [-0.05, 0) is 36.4 Å². The number of cyclic esters (lactones) is 1. The number of nitrogens with zero attached hydrogens (tertiary/aromatic N) is 9. The Morgan fingerprint density at radius 3 is 2.61 bits per heavy atom. The van der Waals surface area contributed by atoms with Crippen LogP contribution in [0.3, 0.4) is 0 Å². The van der Waals surface area contributed by atoms with Crippen molar-refractivity contribution in [1.82, 2.24) is 25.0 Å². The van der Waals surface area contributed by atoms with Crippen molar-refractivity contribution in [1.29, 1.82) is 5.26 Å². The van der Waals surface area contributed by atoms with Crippen molar-refractivity contribution in [2.45, 2.75) is 18.2 Å². The van der Waals surface area contributed by atoms with Gasteiger partial charge in [0.15, 0.2) is 0 Å². The monoisotopic (exact) mass is 547 g/mol. The fraction of sp³-hybridized carbons (Fsp3) is 0.276. The number of pyridine rings is 2. The molecule has 11 nitrogen and oxygen atoms in total. The van der Waals surface area contributed by atoms with Gasteiger partial charge in [0.05, 0.1) is 42.4 Å². The van der Waals surface area contributed by atoms with Crippen molar-refractivity contribution in [2.75, 3.05) is 29.4 Å². The van der Waals surface area contributed by atoms with E-state index in [4.69, 9.17) is 16.6 Å². The number of carbonyl (C=O) groups is 1. The fourth-order valence-electron chi connectivity index (χ4n) is 6.10. The predicted molar refractivity (Wildman–Crippen MR) is 144 cm³/mol. The first-order valence-corrected chi connectivity index (χ1v) is 13.1. The molecule has 1 amide bonds. The molecule has 1 aliphatic carbocycles. The number of anilines is 2. The average Bonchev–Trinajstić information content (AvgIpc) is 3.50. The first-order valence-electron chi connectivity index (χ1n) is 13.1. The fourth-order valence-corrected chi connectivity index (χ4v) is 6.10. The van der Waals surface area contributed by atoms with E-state index >= 15 is 4.39 Å². The number of nitriles is 1. The molecule has 202 valence electrons. The molecule has 5 heterocycles. The summed E-state index contributed by atoms with van der Waals surface area (Å²) >= 11 is 0. The van der Waals surface area contributed by atoms with Crippen molar-refractivity contribution < 1.29 is 13.9 Å². The highest BCUT2D eigenvalue weighted by atomic mass is 19.1. The predicted octanol–water partition coefficient (Wildman–Crippen LogP) is 3.65. The Morgan fingerprint density at radius 1 is 1.12 bits per heavy atom. The molecule has 1 saturated carbocycles. The number of benzene rings is 1. The largest absolute Gasteiger partial charge is 0.442 e. The third-order valence-electron chi connectivity index (χ3n) is 8.21. The molecule has 0 spiro atoms. The van der Waals surface area contributed by atoms with Gasteiger partial charge in [0, 0.05) is 42.8 Å². The van der Waals surface area contributed by atoms with Gasteiger partial charge < -0.3 is 14.5 Å². The number of halogens is 1. The van der Waals surface area contributed by atoms with Crippen LogP contribution in [0.1, 0.15) is 11.3 Å². The summed E-state index contributed by atoms with van der Waals surface area (Å²) in [5, 5.41) is 16.6. The molecule has 1 unspecified atom stereocenters. The summed E-state index contributed by atoms with van der Waals surface area (Å²) in [7, 11) is 0. The van der Waals surface area contributed by atoms with Crippen molar-refractivity contribution in [2.24, 2.45) is 11.8 Å². The van der Waals surface area contributed by atoms with Gasteiger partial charge in [-0.2, -0.15) is 5.26 Å². The zero-order valence-electron chi connectivity index (χ0n) is 21.6. The summed E-state index contributed by atoms with van der Waals surface area (Å²) in [4.78, 5) is 29.0. The molecule has 4 atom stereocenters. The van der Waals surface area contributed by atoms with E-state index in [0.717, 1.165) is 5.82 Å². The van der Waals surface area contributed by atoms with Crippen LogP contribution in [-0.4, -0.2) is 56.8 Å². The molecule has 3 aromatic heterocycles. The highest BCUT2D eigenvalue weighted by molar-refractivity contribution is 5.90. The maximum Gasteiger partial charge on any atom is 0.414 e. The van der Waals surface area contributed by atoms with E-state index in [1.165, 1.54) is 11.0 Å². The van der Waals surface area contributed by atoms with E-state index < -0.39 is 23.6 Å². The van der Waals surface area contributed by atoms with Crippen LogP contribution in [0.4, 0.5) is 20.7 Å². The second-order valence-corrected chi connectivity index (χ2v) is 10.4. The first kappa shape index (κ1) is 24.7. The molecule has 1 aromatic carbocycles. The van der Waals surface area contributed by atoms with Crippen LogP contribution in [0.25, 0.3) is 16.0 Å². The van der Waals surface area contributed by atoms with Crippen LogP contribution in [0.15, 0.2) is 67.3 Å². The molecule has 41 heavy (non-hydrogen) atoms. The summed E-state index contributed by atoms with van der Waals surface area (Å²) in [6.07, 6.45) is 5.43. The SMILES string of the molecule is [C-]#[N+]C1(c2ccc(-c3ccc(N4C[C@H](Cn5ccnn5)OC4=O)cc3F)cn2)[C@@H]2CN(c3ccc(C#N)cn3)C[C@@H]21. The third kappa shape index (κ3) is 4.03. The van der Waals surface area contributed by atoms with Gasteiger partial charge in [0.25, 0.3) is 5.54 Å². The minimum absolute atomic E-state index is 0.125. The lowest BCUT2D eigenvalue weighted by Gasteiger charge is -2.22. The Morgan fingerprint density at radius 2 is 1.98 bits per heavy atom. The number of hydrogen-bond donors (Lipinski definition) is 0. The summed E-state index contributed by atoms with van der Waals surface area (Å²) in [6.45, 7) is 9.97. The summed E-state index contributed by atoms with van der Waals surface area (Å²) in [5.41, 5.74) is 1.85. The molecule has 2 saturated heterocycles. The Bertz CT molecular complexity index is 1700. The van der Waals surface area contributed by atoms with Crippen LogP contribution in [0, 0.1) is 35.6 Å². The molecule has 0 N–H and O–H groups in total. The van der Waals surface area contributed by atoms with Gasteiger partial charge in [0.2, 0.25) is 0 Å². The van der Waals surface area contributed by atoms with E-state index in [9.17, 15) is 4.79 Å². The molecule has 4 aromatic rings.